The van der Waals surface area contributed by atoms with Gasteiger partial charge in [0, 0.05) is 5.33 Å². The SMILES string of the molecule is BrCC[CH]C1CC1. The molecule has 1 radical (unpaired) electrons. The van der Waals surface area contributed by atoms with Crippen molar-refractivity contribution in [3.05, 3.63) is 6.42 Å². The Bertz CT molecular complexity index is 48.1. The van der Waals surface area contributed by atoms with Crippen LogP contribution < -0.4 is 0 Å². The van der Waals surface area contributed by atoms with Crippen LogP contribution in [0.3, 0.4) is 0 Å². The van der Waals surface area contributed by atoms with Crippen LogP contribution in [0.1, 0.15) is 19.3 Å². The van der Waals surface area contributed by atoms with Gasteiger partial charge >= 0.3 is 0 Å². The largest absolute Gasteiger partial charge is 0.0928 e. The third-order valence-corrected chi connectivity index (χ3v) is 1.69. The quantitative estimate of drug-likeness (QED) is 0.559. The summed E-state index contributed by atoms with van der Waals surface area (Å²) in [7, 11) is 0. The molecule has 0 bridgehead atoms. The maximum absolute atomic E-state index is 3.37. The molecule has 0 atom stereocenters. The zero-order chi connectivity index (χ0) is 5.11. The Kier molecular flexibility index (Phi) is 2.17. The van der Waals surface area contributed by atoms with E-state index in [1.54, 1.807) is 0 Å². The van der Waals surface area contributed by atoms with Gasteiger partial charge in [-0.15, -0.1) is 0 Å². The molecule has 0 unspecified atom stereocenters. The smallest absolute Gasteiger partial charge is 0.00341 e. The van der Waals surface area contributed by atoms with E-state index in [2.05, 4.69) is 22.4 Å². The number of rotatable bonds is 3. The van der Waals surface area contributed by atoms with E-state index in [-0.39, 0.29) is 0 Å². The topological polar surface area (TPSA) is 0 Å². The van der Waals surface area contributed by atoms with Crippen molar-refractivity contribution in [1.82, 2.24) is 0 Å². The van der Waals surface area contributed by atoms with Crippen LogP contribution in [0.2, 0.25) is 0 Å². The molecule has 1 aliphatic rings. The fourth-order valence-corrected chi connectivity index (χ4v) is 0.895. The Labute approximate surface area is 53.4 Å². The summed E-state index contributed by atoms with van der Waals surface area (Å²) in [6.45, 7) is 0. The lowest BCUT2D eigenvalue weighted by Gasteiger charge is -1.87. The Morgan fingerprint density at radius 3 is 2.71 bits per heavy atom. The highest BCUT2D eigenvalue weighted by molar-refractivity contribution is 9.09. The molecule has 0 aromatic heterocycles. The Morgan fingerprint density at radius 2 is 2.29 bits per heavy atom. The Hall–Kier alpha value is 0.480. The first-order valence-electron chi connectivity index (χ1n) is 2.83. The van der Waals surface area contributed by atoms with E-state index in [0.717, 1.165) is 11.2 Å². The van der Waals surface area contributed by atoms with E-state index in [1.165, 1.54) is 19.3 Å². The second kappa shape index (κ2) is 2.71. The van der Waals surface area contributed by atoms with E-state index in [9.17, 15) is 0 Å². The molecule has 0 heterocycles. The Morgan fingerprint density at radius 1 is 1.57 bits per heavy atom. The van der Waals surface area contributed by atoms with Crippen LogP contribution in [0, 0.1) is 12.3 Å². The van der Waals surface area contributed by atoms with Gasteiger partial charge in [0.25, 0.3) is 0 Å². The normalized spacial score (nSPS) is 20.1. The molecule has 0 spiro atoms. The van der Waals surface area contributed by atoms with Crippen molar-refractivity contribution in [3.63, 3.8) is 0 Å². The van der Waals surface area contributed by atoms with Gasteiger partial charge in [0.1, 0.15) is 0 Å². The molecule has 0 aromatic carbocycles. The first-order valence-corrected chi connectivity index (χ1v) is 3.95. The number of halogens is 1. The molecule has 0 N–H and O–H groups in total. The van der Waals surface area contributed by atoms with Gasteiger partial charge in [0.2, 0.25) is 0 Å². The zero-order valence-electron chi connectivity index (χ0n) is 4.36. The molecule has 41 valence electrons. The van der Waals surface area contributed by atoms with Gasteiger partial charge in [-0.3, -0.25) is 0 Å². The fraction of sp³-hybridized carbons (Fsp3) is 0.833. The molecule has 1 fully saturated rings. The van der Waals surface area contributed by atoms with Gasteiger partial charge in [0.15, 0.2) is 0 Å². The monoisotopic (exact) mass is 161 g/mol. The van der Waals surface area contributed by atoms with Gasteiger partial charge in [-0.1, -0.05) is 15.9 Å². The molecule has 1 aliphatic carbocycles. The van der Waals surface area contributed by atoms with E-state index in [4.69, 9.17) is 0 Å². The standard InChI is InChI=1S/C6H10Br/c7-5-1-2-6-3-4-6/h2,6H,1,3-5H2. The highest BCUT2D eigenvalue weighted by atomic mass is 79.9. The second-order valence-corrected chi connectivity index (χ2v) is 2.84. The van der Waals surface area contributed by atoms with Crippen molar-refractivity contribution in [2.75, 3.05) is 5.33 Å². The van der Waals surface area contributed by atoms with Crippen molar-refractivity contribution in [3.8, 4) is 0 Å². The third-order valence-electron chi connectivity index (χ3n) is 1.23. The summed E-state index contributed by atoms with van der Waals surface area (Å²) < 4.78 is 0. The van der Waals surface area contributed by atoms with Crippen molar-refractivity contribution in [1.29, 1.82) is 0 Å². The first kappa shape index (κ1) is 5.61. The van der Waals surface area contributed by atoms with Gasteiger partial charge in [-0.2, -0.15) is 0 Å². The average molecular weight is 162 g/mol. The molecule has 1 heteroatoms. The van der Waals surface area contributed by atoms with E-state index in [1.807, 2.05) is 0 Å². The molecule has 0 aromatic rings. The maximum Gasteiger partial charge on any atom is 0.00341 e. The van der Waals surface area contributed by atoms with Crippen LogP contribution in [-0.2, 0) is 0 Å². The molecule has 0 aliphatic heterocycles. The molecular formula is C6H10Br. The van der Waals surface area contributed by atoms with Crippen molar-refractivity contribution in [2.45, 2.75) is 19.3 Å². The highest BCUT2D eigenvalue weighted by Gasteiger charge is 2.19. The lowest BCUT2D eigenvalue weighted by molar-refractivity contribution is 0.914. The summed E-state index contributed by atoms with van der Waals surface area (Å²) in [5.41, 5.74) is 0. The third kappa shape index (κ3) is 2.32. The summed E-state index contributed by atoms with van der Waals surface area (Å²) in [5.74, 6) is 0.998. The highest BCUT2D eigenvalue weighted by Crippen LogP contribution is 2.32. The van der Waals surface area contributed by atoms with Crippen LogP contribution in [0.4, 0.5) is 0 Å². The van der Waals surface area contributed by atoms with Gasteiger partial charge in [-0.05, 0) is 31.6 Å². The molecule has 0 amide bonds. The molecular weight excluding hydrogens is 152 g/mol. The summed E-state index contributed by atoms with van der Waals surface area (Å²) in [5, 5.41) is 1.14. The average Bonchev–Trinajstić information content (AvgIpc) is 2.42. The van der Waals surface area contributed by atoms with Crippen molar-refractivity contribution < 1.29 is 0 Å². The van der Waals surface area contributed by atoms with E-state index >= 15 is 0 Å². The summed E-state index contributed by atoms with van der Waals surface area (Å²) in [6, 6.07) is 0. The summed E-state index contributed by atoms with van der Waals surface area (Å²) in [6.07, 6.45) is 6.57. The van der Waals surface area contributed by atoms with Crippen LogP contribution in [0.25, 0.3) is 0 Å². The molecule has 1 saturated carbocycles. The minimum atomic E-state index is 0.998. The summed E-state index contributed by atoms with van der Waals surface area (Å²) >= 11 is 3.37. The van der Waals surface area contributed by atoms with Crippen LogP contribution >= 0.6 is 15.9 Å². The van der Waals surface area contributed by atoms with Gasteiger partial charge < -0.3 is 0 Å². The van der Waals surface area contributed by atoms with E-state index in [0.29, 0.717) is 0 Å². The van der Waals surface area contributed by atoms with E-state index < -0.39 is 0 Å². The summed E-state index contributed by atoms with van der Waals surface area (Å²) in [4.78, 5) is 0. The van der Waals surface area contributed by atoms with Crippen molar-refractivity contribution >= 4 is 15.9 Å². The van der Waals surface area contributed by atoms with Crippen LogP contribution in [0.15, 0.2) is 0 Å². The second-order valence-electron chi connectivity index (χ2n) is 2.05. The minimum absolute atomic E-state index is 0.998. The predicted octanol–water partition coefficient (Wildman–Crippen LogP) is 2.39. The lowest BCUT2D eigenvalue weighted by atomic mass is 10.2. The fourth-order valence-electron chi connectivity index (χ4n) is 0.631. The predicted molar refractivity (Wildman–Crippen MR) is 35.4 cm³/mol. The molecule has 0 saturated heterocycles. The molecule has 1 rings (SSSR count). The molecule has 7 heavy (non-hydrogen) atoms. The number of alkyl halides is 1. The first-order chi connectivity index (χ1) is 3.43. The number of hydrogen-bond donors (Lipinski definition) is 0. The minimum Gasteiger partial charge on any atom is -0.0928 e. The van der Waals surface area contributed by atoms with Crippen molar-refractivity contribution in [2.24, 2.45) is 5.92 Å². The molecule has 0 nitrogen and oxygen atoms in total. The number of hydrogen-bond acceptors (Lipinski definition) is 0. The maximum atomic E-state index is 3.37. The Balaban J connectivity index is 1.80. The van der Waals surface area contributed by atoms with Crippen LogP contribution in [-0.4, -0.2) is 5.33 Å². The lowest BCUT2D eigenvalue weighted by Crippen LogP contribution is -1.77. The van der Waals surface area contributed by atoms with Crippen LogP contribution in [0.5, 0.6) is 0 Å². The van der Waals surface area contributed by atoms with Gasteiger partial charge in [-0.25, -0.2) is 0 Å². The zero-order valence-corrected chi connectivity index (χ0v) is 5.95. The van der Waals surface area contributed by atoms with Gasteiger partial charge in [0.05, 0.1) is 0 Å².